The molecule has 0 bridgehead atoms. The minimum Gasteiger partial charge on any atom is -0.370 e. The minimum absolute atomic E-state index is 0.153. The smallest absolute Gasteiger partial charge is 0.217 e. The predicted molar refractivity (Wildman–Crippen MR) is 88.6 cm³/mol. The van der Waals surface area contributed by atoms with Gasteiger partial charge in [-0.05, 0) is 35.4 Å². The summed E-state index contributed by atoms with van der Waals surface area (Å²) in [6, 6.07) is 13.8. The highest BCUT2D eigenvalue weighted by Crippen LogP contribution is 2.17. The number of fused-ring (bicyclic) bond motifs is 1. The number of unbranched alkanes of at least 4 members (excludes halogenated alkanes) is 1. The number of rotatable bonds is 8. The molecule has 0 saturated carbocycles. The first-order valence-corrected chi connectivity index (χ1v) is 8.20. The highest BCUT2D eigenvalue weighted by molar-refractivity contribution is 7.99. The van der Waals surface area contributed by atoms with Crippen LogP contribution >= 0.6 is 11.8 Å². The van der Waals surface area contributed by atoms with Crippen LogP contribution in [-0.2, 0) is 4.79 Å². The SMILES string of the molecule is NC(=O)CCCCSCC(=O)c1ccc2ccccc2c1. The van der Waals surface area contributed by atoms with Crippen molar-refractivity contribution in [3.63, 3.8) is 0 Å². The first-order valence-electron chi connectivity index (χ1n) is 7.05. The lowest BCUT2D eigenvalue weighted by Crippen LogP contribution is -2.09. The Hall–Kier alpha value is -1.81. The van der Waals surface area contributed by atoms with Crippen LogP contribution in [0.15, 0.2) is 42.5 Å². The molecule has 2 rings (SSSR count). The molecular formula is C17H19NO2S. The number of carbonyl (C=O) groups excluding carboxylic acids is 2. The third-order valence-corrected chi connectivity index (χ3v) is 4.31. The van der Waals surface area contributed by atoms with Gasteiger partial charge in [0.1, 0.15) is 0 Å². The maximum absolute atomic E-state index is 12.1. The summed E-state index contributed by atoms with van der Waals surface area (Å²) in [6.07, 6.45) is 2.14. The summed E-state index contributed by atoms with van der Waals surface area (Å²) >= 11 is 1.61. The van der Waals surface area contributed by atoms with Crippen LogP contribution in [0.2, 0.25) is 0 Å². The van der Waals surface area contributed by atoms with Gasteiger partial charge < -0.3 is 5.73 Å². The Morgan fingerprint density at radius 3 is 2.52 bits per heavy atom. The quantitative estimate of drug-likeness (QED) is 0.600. The van der Waals surface area contributed by atoms with Crippen LogP contribution in [-0.4, -0.2) is 23.2 Å². The van der Waals surface area contributed by atoms with E-state index in [1.165, 1.54) is 0 Å². The first kappa shape index (κ1) is 15.6. The number of hydrogen-bond acceptors (Lipinski definition) is 3. The summed E-state index contributed by atoms with van der Waals surface area (Å²) in [4.78, 5) is 22.7. The lowest BCUT2D eigenvalue weighted by atomic mass is 10.1. The second-order valence-corrected chi connectivity index (χ2v) is 6.07. The predicted octanol–water partition coefficient (Wildman–Crippen LogP) is 3.41. The fourth-order valence-corrected chi connectivity index (χ4v) is 3.02. The molecule has 2 aromatic carbocycles. The van der Waals surface area contributed by atoms with Crippen LogP contribution in [0, 0.1) is 0 Å². The van der Waals surface area contributed by atoms with Crippen molar-refractivity contribution in [1.29, 1.82) is 0 Å². The molecule has 0 aromatic heterocycles. The highest BCUT2D eigenvalue weighted by Gasteiger charge is 2.06. The van der Waals surface area contributed by atoms with Crippen LogP contribution < -0.4 is 5.73 Å². The first-order chi connectivity index (χ1) is 10.2. The van der Waals surface area contributed by atoms with E-state index in [1.54, 1.807) is 11.8 Å². The maximum Gasteiger partial charge on any atom is 0.217 e. The summed E-state index contributed by atoms with van der Waals surface area (Å²) < 4.78 is 0. The lowest BCUT2D eigenvalue weighted by molar-refractivity contribution is -0.118. The molecular weight excluding hydrogens is 282 g/mol. The van der Waals surface area contributed by atoms with Gasteiger partial charge in [0.25, 0.3) is 0 Å². The molecule has 0 fully saturated rings. The van der Waals surface area contributed by atoms with Gasteiger partial charge in [-0.15, -0.1) is 0 Å². The third kappa shape index (κ3) is 4.90. The van der Waals surface area contributed by atoms with Crippen LogP contribution in [0.1, 0.15) is 29.6 Å². The molecule has 4 heteroatoms. The van der Waals surface area contributed by atoms with E-state index in [1.807, 2.05) is 42.5 Å². The van der Waals surface area contributed by atoms with Crippen molar-refractivity contribution in [2.75, 3.05) is 11.5 Å². The van der Waals surface area contributed by atoms with Gasteiger partial charge in [0.2, 0.25) is 5.91 Å². The van der Waals surface area contributed by atoms with Gasteiger partial charge in [0, 0.05) is 12.0 Å². The molecule has 0 unspecified atom stereocenters. The molecule has 2 N–H and O–H groups in total. The van der Waals surface area contributed by atoms with Gasteiger partial charge in [0.15, 0.2) is 5.78 Å². The van der Waals surface area contributed by atoms with Crippen molar-refractivity contribution in [3.05, 3.63) is 48.0 Å². The second-order valence-electron chi connectivity index (χ2n) is 4.96. The number of hydrogen-bond donors (Lipinski definition) is 1. The minimum atomic E-state index is -0.257. The zero-order chi connectivity index (χ0) is 15.1. The number of nitrogens with two attached hydrogens (primary N) is 1. The Morgan fingerprint density at radius 1 is 1.00 bits per heavy atom. The van der Waals surface area contributed by atoms with Crippen molar-refractivity contribution >= 4 is 34.2 Å². The van der Waals surface area contributed by atoms with E-state index in [0.29, 0.717) is 12.2 Å². The molecule has 110 valence electrons. The number of Topliss-reactive ketones (excluding diaryl/α,β-unsaturated/α-hetero) is 1. The lowest BCUT2D eigenvalue weighted by Gasteiger charge is -2.04. The van der Waals surface area contributed by atoms with Crippen LogP contribution in [0.4, 0.5) is 0 Å². The molecule has 0 aliphatic rings. The highest BCUT2D eigenvalue weighted by atomic mass is 32.2. The molecule has 21 heavy (non-hydrogen) atoms. The molecule has 0 aliphatic carbocycles. The number of ketones is 1. The van der Waals surface area contributed by atoms with Gasteiger partial charge in [-0.2, -0.15) is 11.8 Å². The summed E-state index contributed by atoms with van der Waals surface area (Å²) in [7, 11) is 0. The fraction of sp³-hybridized carbons (Fsp3) is 0.294. The zero-order valence-electron chi connectivity index (χ0n) is 11.9. The monoisotopic (exact) mass is 301 g/mol. The Balaban J connectivity index is 1.80. The molecule has 2 aromatic rings. The number of amides is 1. The average molecular weight is 301 g/mol. The number of primary amides is 1. The maximum atomic E-state index is 12.1. The number of thioether (sulfide) groups is 1. The van der Waals surface area contributed by atoms with Crippen molar-refractivity contribution in [1.82, 2.24) is 0 Å². The Bertz CT molecular complexity index is 639. The fourth-order valence-electron chi connectivity index (χ4n) is 2.11. The van der Waals surface area contributed by atoms with Crippen molar-refractivity contribution < 1.29 is 9.59 Å². The summed E-state index contributed by atoms with van der Waals surface area (Å²) in [5.74, 6) is 1.26. The van der Waals surface area contributed by atoms with Gasteiger partial charge in [-0.1, -0.05) is 36.4 Å². The normalized spacial score (nSPS) is 10.7. The molecule has 1 amide bonds. The molecule has 0 aliphatic heterocycles. The van der Waals surface area contributed by atoms with E-state index >= 15 is 0 Å². The standard InChI is InChI=1S/C17H19NO2S/c18-17(20)7-3-4-10-21-12-16(19)15-9-8-13-5-1-2-6-14(13)11-15/h1-2,5-6,8-9,11H,3-4,7,10,12H2,(H2,18,20). The van der Waals surface area contributed by atoms with E-state index in [0.717, 1.165) is 34.9 Å². The van der Waals surface area contributed by atoms with Crippen molar-refractivity contribution in [2.45, 2.75) is 19.3 Å². The third-order valence-electron chi connectivity index (χ3n) is 3.27. The Morgan fingerprint density at radius 2 is 1.76 bits per heavy atom. The molecule has 0 saturated heterocycles. The van der Waals surface area contributed by atoms with Gasteiger partial charge >= 0.3 is 0 Å². The molecule has 0 radical (unpaired) electrons. The Kier molecular flexibility index (Phi) is 5.81. The van der Waals surface area contributed by atoms with Crippen molar-refractivity contribution in [3.8, 4) is 0 Å². The van der Waals surface area contributed by atoms with Gasteiger partial charge in [-0.3, -0.25) is 9.59 Å². The number of benzene rings is 2. The van der Waals surface area contributed by atoms with E-state index in [-0.39, 0.29) is 11.7 Å². The zero-order valence-corrected chi connectivity index (χ0v) is 12.7. The molecule has 0 spiro atoms. The number of carbonyl (C=O) groups is 2. The Labute approximate surface area is 128 Å². The van der Waals surface area contributed by atoms with E-state index < -0.39 is 0 Å². The van der Waals surface area contributed by atoms with Crippen molar-refractivity contribution in [2.24, 2.45) is 5.73 Å². The summed E-state index contributed by atoms with van der Waals surface area (Å²) in [5.41, 5.74) is 5.84. The van der Waals surface area contributed by atoms with E-state index in [9.17, 15) is 9.59 Å². The topological polar surface area (TPSA) is 60.2 Å². The van der Waals surface area contributed by atoms with E-state index in [4.69, 9.17) is 5.73 Å². The second kappa shape index (κ2) is 7.84. The van der Waals surface area contributed by atoms with Gasteiger partial charge in [-0.25, -0.2) is 0 Å². The van der Waals surface area contributed by atoms with Crippen LogP contribution in [0.3, 0.4) is 0 Å². The molecule has 3 nitrogen and oxygen atoms in total. The average Bonchev–Trinajstić information content (AvgIpc) is 2.49. The molecule has 0 heterocycles. The van der Waals surface area contributed by atoms with E-state index in [2.05, 4.69) is 0 Å². The van der Waals surface area contributed by atoms with Crippen LogP contribution in [0.5, 0.6) is 0 Å². The van der Waals surface area contributed by atoms with Gasteiger partial charge in [0.05, 0.1) is 5.75 Å². The van der Waals surface area contributed by atoms with Crippen LogP contribution in [0.25, 0.3) is 10.8 Å². The largest absolute Gasteiger partial charge is 0.370 e. The summed E-state index contributed by atoms with van der Waals surface area (Å²) in [6.45, 7) is 0. The summed E-state index contributed by atoms with van der Waals surface area (Å²) in [5, 5.41) is 2.24. The molecule has 0 atom stereocenters.